The van der Waals surface area contributed by atoms with Gasteiger partial charge in [0.25, 0.3) is 0 Å². The molecule has 2 aliphatic heterocycles. The zero-order chi connectivity index (χ0) is 9.97. The van der Waals surface area contributed by atoms with E-state index in [9.17, 15) is 4.79 Å². The van der Waals surface area contributed by atoms with Crippen LogP contribution in [0.3, 0.4) is 0 Å². The molecule has 14 heavy (non-hydrogen) atoms. The molecule has 3 atom stereocenters. The number of hydrogen-bond acceptors (Lipinski definition) is 5. The summed E-state index contributed by atoms with van der Waals surface area (Å²) >= 11 is 0. The molecule has 5 heteroatoms. The number of methoxy groups -OCH3 is 1. The number of carbonyl (C=O) groups excluding carboxylic acids is 1. The number of hydrogen-bond donors (Lipinski definition) is 0. The van der Waals surface area contributed by atoms with Crippen LogP contribution in [0.1, 0.15) is 12.8 Å². The minimum atomic E-state index is -0.467. The van der Waals surface area contributed by atoms with Gasteiger partial charge >= 0.3 is 5.97 Å². The van der Waals surface area contributed by atoms with Crippen LogP contribution in [-0.2, 0) is 23.7 Å². The van der Waals surface area contributed by atoms with Gasteiger partial charge in [0.2, 0.25) is 0 Å². The van der Waals surface area contributed by atoms with Gasteiger partial charge in [-0.25, -0.2) is 0 Å². The Morgan fingerprint density at radius 3 is 3.07 bits per heavy atom. The summed E-state index contributed by atoms with van der Waals surface area (Å²) in [6, 6.07) is 0. The molecule has 0 radical (unpaired) electrons. The van der Waals surface area contributed by atoms with Crippen molar-refractivity contribution in [2.45, 2.75) is 31.3 Å². The number of carbonyl (C=O) groups is 1. The maximum Gasteiger partial charge on any atom is 0.310 e. The van der Waals surface area contributed by atoms with Crippen LogP contribution in [0, 0.1) is 0 Å². The van der Waals surface area contributed by atoms with E-state index in [0.717, 1.165) is 6.42 Å². The second-order valence-electron chi connectivity index (χ2n) is 3.42. The van der Waals surface area contributed by atoms with E-state index in [1.807, 2.05) is 0 Å². The lowest BCUT2D eigenvalue weighted by Gasteiger charge is -2.30. The summed E-state index contributed by atoms with van der Waals surface area (Å²) < 4.78 is 20.8. The van der Waals surface area contributed by atoms with Crippen LogP contribution in [-0.4, -0.2) is 44.8 Å². The molecule has 2 fully saturated rings. The first-order valence-electron chi connectivity index (χ1n) is 4.75. The molecule has 2 aliphatic rings. The number of esters is 1. The average molecular weight is 202 g/mol. The molecule has 5 nitrogen and oxygen atoms in total. The summed E-state index contributed by atoms with van der Waals surface area (Å²) in [5, 5.41) is 0. The molecule has 0 aromatic carbocycles. The van der Waals surface area contributed by atoms with E-state index in [1.54, 1.807) is 0 Å². The minimum Gasteiger partial charge on any atom is -0.469 e. The van der Waals surface area contributed by atoms with Crippen molar-refractivity contribution in [3.63, 3.8) is 0 Å². The summed E-state index contributed by atoms with van der Waals surface area (Å²) in [7, 11) is 1.35. The molecule has 0 aromatic heterocycles. The Hall–Kier alpha value is -0.650. The Balaban J connectivity index is 1.82. The van der Waals surface area contributed by atoms with Gasteiger partial charge in [0, 0.05) is 6.61 Å². The molecule has 2 rings (SSSR count). The predicted octanol–water partition coefficient (Wildman–Crippen LogP) is 0.0799. The van der Waals surface area contributed by atoms with E-state index in [2.05, 4.69) is 4.74 Å². The molecule has 0 saturated carbocycles. The fourth-order valence-electron chi connectivity index (χ4n) is 1.70. The summed E-state index contributed by atoms with van der Waals surface area (Å²) in [5.74, 6) is -0.313. The number of rotatable bonds is 2. The van der Waals surface area contributed by atoms with Gasteiger partial charge in [0.15, 0.2) is 6.29 Å². The van der Waals surface area contributed by atoms with Gasteiger partial charge in [0.05, 0.1) is 26.2 Å². The maximum atomic E-state index is 11.0. The topological polar surface area (TPSA) is 54.0 Å². The smallest absolute Gasteiger partial charge is 0.310 e. The largest absolute Gasteiger partial charge is 0.469 e. The van der Waals surface area contributed by atoms with Gasteiger partial charge in [-0.3, -0.25) is 4.79 Å². The third-order valence-electron chi connectivity index (χ3n) is 2.48. The molecule has 0 spiro atoms. The third kappa shape index (κ3) is 2.05. The second kappa shape index (κ2) is 4.25. The molecular formula is C9H14O5. The Labute approximate surface area is 82.3 Å². The lowest BCUT2D eigenvalue weighted by atomic mass is 10.2. The standard InChI is InChI=1S/C9H14O5/c1-11-8(10)4-9-13-5-7-6(14-9)2-3-12-7/h6-7,9H,2-5H2,1H3/t6-,7-,9-/m1/s1. The van der Waals surface area contributed by atoms with E-state index in [4.69, 9.17) is 14.2 Å². The Kier molecular flexibility index (Phi) is 3.00. The summed E-state index contributed by atoms with van der Waals surface area (Å²) in [4.78, 5) is 11.0. The number of fused-ring (bicyclic) bond motifs is 1. The van der Waals surface area contributed by atoms with Crippen LogP contribution in [0.2, 0.25) is 0 Å². The molecule has 0 unspecified atom stereocenters. The summed E-state index contributed by atoms with van der Waals surface area (Å²) in [6.07, 6.45) is 0.693. The molecule has 2 saturated heterocycles. The van der Waals surface area contributed by atoms with Crippen molar-refractivity contribution in [2.75, 3.05) is 20.3 Å². The highest BCUT2D eigenvalue weighted by molar-refractivity contribution is 5.69. The van der Waals surface area contributed by atoms with Crippen LogP contribution in [0.5, 0.6) is 0 Å². The van der Waals surface area contributed by atoms with Crippen LogP contribution in [0.25, 0.3) is 0 Å². The van der Waals surface area contributed by atoms with Crippen molar-refractivity contribution in [2.24, 2.45) is 0 Å². The normalized spacial score (nSPS) is 36.5. The zero-order valence-corrected chi connectivity index (χ0v) is 8.10. The van der Waals surface area contributed by atoms with E-state index < -0.39 is 6.29 Å². The fraction of sp³-hybridized carbons (Fsp3) is 0.889. The maximum absolute atomic E-state index is 11.0. The fourth-order valence-corrected chi connectivity index (χ4v) is 1.70. The first-order chi connectivity index (χ1) is 6.79. The molecule has 0 N–H and O–H groups in total. The lowest BCUT2D eigenvalue weighted by Crippen LogP contribution is -2.41. The first kappa shape index (κ1) is 9.89. The Morgan fingerprint density at radius 1 is 1.43 bits per heavy atom. The van der Waals surface area contributed by atoms with Gasteiger partial charge in [-0.05, 0) is 6.42 Å². The zero-order valence-electron chi connectivity index (χ0n) is 8.10. The van der Waals surface area contributed by atoms with Crippen LogP contribution < -0.4 is 0 Å². The van der Waals surface area contributed by atoms with Crippen molar-refractivity contribution < 1.29 is 23.7 Å². The molecule has 80 valence electrons. The van der Waals surface area contributed by atoms with Gasteiger partial charge in [-0.1, -0.05) is 0 Å². The highest BCUT2D eigenvalue weighted by Crippen LogP contribution is 2.25. The quantitative estimate of drug-likeness (QED) is 0.593. The minimum absolute atomic E-state index is 0.0453. The Morgan fingerprint density at radius 2 is 2.29 bits per heavy atom. The lowest BCUT2D eigenvalue weighted by molar-refractivity contribution is -0.241. The van der Waals surface area contributed by atoms with E-state index in [1.165, 1.54) is 7.11 Å². The molecule has 0 aromatic rings. The van der Waals surface area contributed by atoms with Crippen LogP contribution in [0.4, 0.5) is 0 Å². The van der Waals surface area contributed by atoms with Gasteiger partial charge in [-0.15, -0.1) is 0 Å². The monoisotopic (exact) mass is 202 g/mol. The molecule has 0 amide bonds. The number of ether oxygens (including phenoxy) is 4. The first-order valence-corrected chi connectivity index (χ1v) is 4.75. The van der Waals surface area contributed by atoms with Crippen molar-refractivity contribution in [3.05, 3.63) is 0 Å². The summed E-state index contributed by atoms with van der Waals surface area (Å²) in [5.41, 5.74) is 0. The van der Waals surface area contributed by atoms with Crippen LogP contribution in [0.15, 0.2) is 0 Å². The van der Waals surface area contributed by atoms with Crippen LogP contribution >= 0.6 is 0 Å². The highest BCUT2D eigenvalue weighted by Gasteiger charge is 2.37. The van der Waals surface area contributed by atoms with Crippen molar-refractivity contribution in [1.82, 2.24) is 0 Å². The highest BCUT2D eigenvalue weighted by atomic mass is 16.7. The van der Waals surface area contributed by atoms with Crippen molar-refractivity contribution >= 4 is 5.97 Å². The molecule has 0 bridgehead atoms. The van der Waals surface area contributed by atoms with Crippen molar-refractivity contribution in [1.29, 1.82) is 0 Å². The van der Waals surface area contributed by atoms with E-state index >= 15 is 0 Å². The van der Waals surface area contributed by atoms with Gasteiger partial charge in [-0.2, -0.15) is 0 Å². The average Bonchev–Trinajstić information content (AvgIpc) is 2.64. The van der Waals surface area contributed by atoms with Gasteiger partial charge in [0.1, 0.15) is 6.10 Å². The molecular weight excluding hydrogens is 188 g/mol. The van der Waals surface area contributed by atoms with E-state index in [-0.39, 0.29) is 24.6 Å². The predicted molar refractivity (Wildman–Crippen MR) is 45.6 cm³/mol. The third-order valence-corrected chi connectivity index (χ3v) is 2.48. The summed E-state index contributed by atoms with van der Waals surface area (Å²) in [6.45, 7) is 1.22. The van der Waals surface area contributed by atoms with Crippen molar-refractivity contribution in [3.8, 4) is 0 Å². The Bertz CT molecular complexity index is 217. The SMILES string of the molecule is COC(=O)C[C@@H]1OC[C@H]2OCC[C@H]2O1. The molecule has 2 heterocycles. The molecule has 0 aliphatic carbocycles. The second-order valence-corrected chi connectivity index (χ2v) is 3.42. The van der Waals surface area contributed by atoms with E-state index in [0.29, 0.717) is 13.2 Å². The van der Waals surface area contributed by atoms with Gasteiger partial charge < -0.3 is 18.9 Å².